The fraction of sp³-hybridized carbons (Fsp3) is 0.833. The molecule has 17 heavy (non-hydrogen) atoms. The van der Waals surface area contributed by atoms with Crippen LogP contribution >= 0.6 is 0 Å². The molecule has 0 aromatic carbocycles. The van der Waals surface area contributed by atoms with E-state index >= 15 is 0 Å². The number of ether oxygens (including phenoxy) is 1. The molecule has 0 radical (unpaired) electrons. The minimum Gasteiger partial charge on any atom is -0.481 e. The molecule has 2 rings (SSSR count). The van der Waals surface area contributed by atoms with E-state index in [2.05, 4.69) is 0 Å². The Morgan fingerprint density at radius 3 is 2.29 bits per heavy atom. The molecule has 1 aliphatic heterocycles. The molecule has 5 nitrogen and oxygen atoms in total. The summed E-state index contributed by atoms with van der Waals surface area (Å²) in [6, 6.07) is 0. The lowest BCUT2D eigenvalue weighted by Crippen LogP contribution is -2.36. The fourth-order valence-corrected chi connectivity index (χ4v) is 2.44. The van der Waals surface area contributed by atoms with Crippen LogP contribution in [0.4, 0.5) is 4.79 Å². The van der Waals surface area contributed by atoms with Gasteiger partial charge in [0.15, 0.2) is 0 Å². The van der Waals surface area contributed by atoms with E-state index in [4.69, 9.17) is 9.84 Å². The molecule has 96 valence electrons. The summed E-state index contributed by atoms with van der Waals surface area (Å²) < 4.78 is 5.26. The highest BCUT2D eigenvalue weighted by Gasteiger charge is 2.59. The molecule has 0 aromatic rings. The first-order valence-corrected chi connectivity index (χ1v) is 5.94. The molecule has 0 bridgehead atoms. The number of carboxylic acid groups (broad SMARTS) is 1. The third-order valence-corrected chi connectivity index (χ3v) is 3.49. The van der Waals surface area contributed by atoms with Crippen LogP contribution in [-0.2, 0) is 9.53 Å². The maximum absolute atomic E-state index is 11.9. The molecule has 1 N–H and O–H groups in total. The van der Waals surface area contributed by atoms with Gasteiger partial charge < -0.3 is 14.7 Å². The molecule has 5 heteroatoms. The van der Waals surface area contributed by atoms with Gasteiger partial charge in [0.1, 0.15) is 5.60 Å². The van der Waals surface area contributed by atoms with Gasteiger partial charge in [-0.05, 0) is 33.6 Å². The third-order valence-electron chi connectivity index (χ3n) is 3.49. The van der Waals surface area contributed by atoms with Crippen LogP contribution in [0.15, 0.2) is 0 Å². The molecule has 1 heterocycles. The highest BCUT2D eigenvalue weighted by molar-refractivity contribution is 5.76. The Morgan fingerprint density at radius 2 is 1.94 bits per heavy atom. The Kier molecular flexibility index (Phi) is 2.60. The smallest absolute Gasteiger partial charge is 0.410 e. The summed E-state index contributed by atoms with van der Waals surface area (Å²) in [6.45, 7) is 6.23. The quantitative estimate of drug-likeness (QED) is 0.759. The lowest BCUT2D eigenvalue weighted by Gasteiger charge is -2.24. The second-order valence-electron chi connectivity index (χ2n) is 6.11. The van der Waals surface area contributed by atoms with Gasteiger partial charge in [0, 0.05) is 18.5 Å². The maximum Gasteiger partial charge on any atom is 0.410 e. The molecule has 1 unspecified atom stereocenters. The molecular weight excluding hydrogens is 222 g/mol. The zero-order valence-corrected chi connectivity index (χ0v) is 10.5. The van der Waals surface area contributed by atoms with Crippen LogP contribution in [0.2, 0.25) is 0 Å². The first-order valence-electron chi connectivity index (χ1n) is 5.94. The highest BCUT2D eigenvalue weighted by Crippen LogP contribution is 2.56. The molecule has 1 saturated carbocycles. The van der Waals surface area contributed by atoms with Crippen LogP contribution in [-0.4, -0.2) is 40.8 Å². The Morgan fingerprint density at radius 1 is 1.35 bits per heavy atom. The number of amides is 1. The van der Waals surface area contributed by atoms with Crippen molar-refractivity contribution < 1.29 is 19.4 Å². The zero-order valence-electron chi connectivity index (χ0n) is 10.5. The molecule has 1 saturated heterocycles. The summed E-state index contributed by atoms with van der Waals surface area (Å²) in [5.74, 6) is -1.22. The van der Waals surface area contributed by atoms with Gasteiger partial charge >= 0.3 is 12.1 Å². The molecule has 1 aliphatic carbocycles. The highest BCUT2D eigenvalue weighted by atomic mass is 16.6. The van der Waals surface area contributed by atoms with Crippen LogP contribution in [0, 0.1) is 11.3 Å². The van der Waals surface area contributed by atoms with E-state index in [0.29, 0.717) is 6.54 Å². The van der Waals surface area contributed by atoms with Gasteiger partial charge in [0.25, 0.3) is 0 Å². The Balaban J connectivity index is 2.01. The summed E-state index contributed by atoms with van der Waals surface area (Å²) in [6.07, 6.45) is 1.42. The number of hydrogen-bond donors (Lipinski definition) is 1. The molecule has 1 spiro atoms. The topological polar surface area (TPSA) is 66.8 Å². The van der Waals surface area contributed by atoms with Gasteiger partial charge in [0.05, 0.1) is 5.92 Å². The Hall–Kier alpha value is -1.26. The first kappa shape index (κ1) is 12.2. The zero-order chi connectivity index (χ0) is 12.8. The van der Waals surface area contributed by atoms with E-state index < -0.39 is 23.6 Å². The monoisotopic (exact) mass is 241 g/mol. The second-order valence-corrected chi connectivity index (χ2v) is 6.11. The van der Waals surface area contributed by atoms with Crippen molar-refractivity contribution >= 4 is 12.1 Å². The van der Waals surface area contributed by atoms with Crippen LogP contribution in [0.3, 0.4) is 0 Å². The van der Waals surface area contributed by atoms with Gasteiger partial charge in [-0.3, -0.25) is 4.79 Å². The van der Waals surface area contributed by atoms with E-state index in [1.165, 1.54) is 4.90 Å². The van der Waals surface area contributed by atoms with Gasteiger partial charge in [-0.25, -0.2) is 4.79 Å². The average molecular weight is 241 g/mol. The predicted molar refractivity (Wildman–Crippen MR) is 60.6 cm³/mol. The van der Waals surface area contributed by atoms with Gasteiger partial charge in [-0.1, -0.05) is 0 Å². The van der Waals surface area contributed by atoms with Crippen molar-refractivity contribution in [1.82, 2.24) is 4.90 Å². The molecule has 2 fully saturated rings. The van der Waals surface area contributed by atoms with Crippen LogP contribution in [0.1, 0.15) is 33.6 Å². The van der Waals surface area contributed by atoms with Crippen molar-refractivity contribution in [2.75, 3.05) is 13.1 Å². The summed E-state index contributed by atoms with van der Waals surface area (Å²) in [5, 5.41) is 9.14. The lowest BCUT2D eigenvalue weighted by atomic mass is 9.93. The van der Waals surface area contributed by atoms with E-state index in [9.17, 15) is 9.59 Å². The standard InChI is InChI=1S/C12H19NO4/c1-11(2,3)17-10(16)13-6-8(9(14)15)12(7-13)4-5-12/h8H,4-7H2,1-3H3,(H,14,15). The van der Waals surface area contributed by atoms with Gasteiger partial charge in [0.2, 0.25) is 0 Å². The van der Waals surface area contributed by atoms with Crippen molar-refractivity contribution in [3.05, 3.63) is 0 Å². The number of nitrogens with zero attached hydrogens (tertiary/aromatic N) is 1. The summed E-state index contributed by atoms with van der Waals surface area (Å²) >= 11 is 0. The number of likely N-dealkylation sites (tertiary alicyclic amines) is 1. The van der Waals surface area contributed by atoms with E-state index in [-0.39, 0.29) is 12.0 Å². The molecule has 1 amide bonds. The van der Waals surface area contributed by atoms with Crippen molar-refractivity contribution in [1.29, 1.82) is 0 Å². The minimum atomic E-state index is -0.798. The van der Waals surface area contributed by atoms with E-state index in [0.717, 1.165) is 12.8 Å². The summed E-state index contributed by atoms with van der Waals surface area (Å²) in [4.78, 5) is 24.5. The molecular formula is C12H19NO4. The van der Waals surface area contributed by atoms with Gasteiger partial charge in [-0.2, -0.15) is 0 Å². The Labute approximate surface area is 101 Å². The number of carboxylic acids is 1. The lowest BCUT2D eigenvalue weighted by molar-refractivity contribution is -0.142. The maximum atomic E-state index is 11.9. The fourth-order valence-electron chi connectivity index (χ4n) is 2.44. The van der Waals surface area contributed by atoms with Crippen LogP contribution < -0.4 is 0 Å². The van der Waals surface area contributed by atoms with Crippen molar-refractivity contribution in [3.8, 4) is 0 Å². The van der Waals surface area contributed by atoms with Crippen molar-refractivity contribution in [2.24, 2.45) is 11.3 Å². The normalized spacial score (nSPS) is 26.1. The molecule has 2 aliphatic rings. The Bertz CT molecular complexity index is 354. The van der Waals surface area contributed by atoms with Gasteiger partial charge in [-0.15, -0.1) is 0 Å². The van der Waals surface area contributed by atoms with Crippen molar-refractivity contribution in [2.45, 2.75) is 39.2 Å². The number of carbonyl (C=O) groups excluding carboxylic acids is 1. The average Bonchev–Trinajstić information content (AvgIpc) is 2.74. The van der Waals surface area contributed by atoms with E-state index in [1.807, 2.05) is 20.8 Å². The largest absolute Gasteiger partial charge is 0.481 e. The van der Waals surface area contributed by atoms with Crippen molar-refractivity contribution in [3.63, 3.8) is 0 Å². The summed E-state index contributed by atoms with van der Waals surface area (Å²) in [7, 11) is 0. The second kappa shape index (κ2) is 3.62. The predicted octanol–water partition coefficient (Wildman–Crippen LogP) is 1.72. The molecule has 0 aromatic heterocycles. The number of aliphatic carboxylic acids is 1. The number of carbonyl (C=O) groups is 2. The SMILES string of the molecule is CC(C)(C)OC(=O)N1CC(C(=O)O)C2(CC2)C1. The molecule has 1 atom stereocenters. The van der Waals surface area contributed by atoms with E-state index in [1.54, 1.807) is 0 Å². The van der Waals surface area contributed by atoms with Crippen LogP contribution in [0.5, 0.6) is 0 Å². The minimum absolute atomic E-state index is 0.164. The first-order chi connectivity index (χ1) is 7.73. The summed E-state index contributed by atoms with van der Waals surface area (Å²) in [5.41, 5.74) is -0.697. The number of rotatable bonds is 1. The van der Waals surface area contributed by atoms with Crippen LogP contribution in [0.25, 0.3) is 0 Å². The third kappa shape index (κ3) is 2.37. The number of hydrogen-bond acceptors (Lipinski definition) is 3.